The fourth-order valence-electron chi connectivity index (χ4n) is 3.01. The zero-order chi connectivity index (χ0) is 13.3. The molecule has 1 heterocycles. The Bertz CT molecular complexity index is 440. The molecule has 2 atom stereocenters. The average molecular weight is 251 g/mol. The number of amides is 2. The van der Waals surface area contributed by atoms with Gasteiger partial charge in [-0.2, -0.15) is 0 Å². The van der Waals surface area contributed by atoms with E-state index in [4.69, 9.17) is 5.11 Å². The number of carboxylic acid groups (broad SMARTS) is 1. The van der Waals surface area contributed by atoms with Gasteiger partial charge in [-0.1, -0.05) is 25.8 Å². The standard InChI is InChI=1S/C13H17NO4/c1-2-8(11(16)17)7-13-6-4-3-5-9(13)10(15)14-12(13)18/h7,9H,2-6H2,1H3,(H,16,17)(H,14,15,18). The molecule has 2 unspecified atom stereocenters. The highest BCUT2D eigenvalue weighted by atomic mass is 16.4. The van der Waals surface area contributed by atoms with E-state index < -0.39 is 11.4 Å². The van der Waals surface area contributed by atoms with E-state index in [9.17, 15) is 14.4 Å². The Kier molecular flexibility index (Phi) is 3.24. The zero-order valence-corrected chi connectivity index (χ0v) is 10.4. The Morgan fingerprint density at radius 2 is 2.22 bits per heavy atom. The Labute approximate surface area is 105 Å². The summed E-state index contributed by atoms with van der Waals surface area (Å²) in [5, 5.41) is 11.4. The molecule has 0 aromatic carbocycles. The molecule has 2 fully saturated rings. The molecule has 5 nitrogen and oxygen atoms in total. The molecule has 0 aromatic rings. The zero-order valence-electron chi connectivity index (χ0n) is 10.4. The van der Waals surface area contributed by atoms with Gasteiger partial charge in [0.05, 0.1) is 11.3 Å². The van der Waals surface area contributed by atoms with E-state index in [1.54, 1.807) is 6.92 Å². The Morgan fingerprint density at radius 3 is 2.83 bits per heavy atom. The molecule has 18 heavy (non-hydrogen) atoms. The molecule has 0 bridgehead atoms. The van der Waals surface area contributed by atoms with E-state index in [1.165, 1.54) is 6.08 Å². The number of imide groups is 1. The third-order valence-electron chi connectivity index (χ3n) is 4.02. The van der Waals surface area contributed by atoms with Gasteiger partial charge in [0.15, 0.2) is 0 Å². The van der Waals surface area contributed by atoms with Crippen LogP contribution in [0.4, 0.5) is 0 Å². The van der Waals surface area contributed by atoms with Crippen molar-refractivity contribution in [1.29, 1.82) is 0 Å². The lowest BCUT2D eigenvalue weighted by molar-refractivity contribution is -0.133. The number of hydrogen-bond acceptors (Lipinski definition) is 3. The van der Waals surface area contributed by atoms with Gasteiger partial charge in [0.2, 0.25) is 11.8 Å². The first-order chi connectivity index (χ1) is 8.51. The number of nitrogens with one attached hydrogen (secondary N) is 1. The molecule has 1 saturated heterocycles. The summed E-state index contributed by atoms with van der Waals surface area (Å²) in [6.07, 6.45) is 4.86. The summed E-state index contributed by atoms with van der Waals surface area (Å²) in [6.45, 7) is 1.74. The number of aliphatic carboxylic acids is 1. The maximum Gasteiger partial charge on any atom is 0.331 e. The summed E-state index contributed by atoms with van der Waals surface area (Å²) in [7, 11) is 0. The minimum atomic E-state index is -1.01. The van der Waals surface area contributed by atoms with Crippen LogP contribution in [0.1, 0.15) is 39.0 Å². The van der Waals surface area contributed by atoms with Crippen molar-refractivity contribution in [3.63, 3.8) is 0 Å². The highest BCUT2D eigenvalue weighted by molar-refractivity contribution is 6.09. The molecule has 0 aromatic heterocycles. The van der Waals surface area contributed by atoms with E-state index in [0.717, 1.165) is 12.8 Å². The molecule has 2 N–H and O–H groups in total. The topological polar surface area (TPSA) is 83.5 Å². The average Bonchev–Trinajstić information content (AvgIpc) is 2.59. The van der Waals surface area contributed by atoms with Crippen molar-refractivity contribution in [2.45, 2.75) is 39.0 Å². The van der Waals surface area contributed by atoms with Crippen LogP contribution in [0.25, 0.3) is 0 Å². The second-order valence-corrected chi connectivity index (χ2v) is 4.99. The summed E-state index contributed by atoms with van der Waals surface area (Å²) >= 11 is 0. The van der Waals surface area contributed by atoms with Crippen molar-refractivity contribution in [2.75, 3.05) is 0 Å². The van der Waals surface area contributed by atoms with Crippen molar-refractivity contribution >= 4 is 17.8 Å². The smallest absolute Gasteiger partial charge is 0.331 e. The van der Waals surface area contributed by atoms with Gasteiger partial charge in [-0.25, -0.2) is 4.79 Å². The number of carboxylic acids is 1. The van der Waals surface area contributed by atoms with E-state index in [1.807, 2.05) is 0 Å². The molecular weight excluding hydrogens is 234 g/mol. The van der Waals surface area contributed by atoms with E-state index in [2.05, 4.69) is 5.32 Å². The lowest BCUT2D eigenvalue weighted by Crippen LogP contribution is -2.36. The number of rotatable bonds is 3. The van der Waals surface area contributed by atoms with E-state index in [-0.39, 0.29) is 23.3 Å². The molecule has 2 aliphatic rings. The maximum absolute atomic E-state index is 12.0. The Balaban J connectivity index is 2.45. The maximum atomic E-state index is 12.0. The second kappa shape index (κ2) is 4.55. The van der Waals surface area contributed by atoms with Crippen LogP contribution in [0, 0.1) is 11.3 Å². The summed E-state index contributed by atoms with van der Waals surface area (Å²) < 4.78 is 0. The quantitative estimate of drug-likeness (QED) is 0.584. The predicted molar refractivity (Wildman–Crippen MR) is 63.6 cm³/mol. The molecule has 5 heteroatoms. The summed E-state index contributed by atoms with van der Waals surface area (Å²) in [4.78, 5) is 34.9. The lowest BCUT2D eigenvalue weighted by Gasteiger charge is -2.33. The minimum absolute atomic E-state index is 0.215. The molecule has 2 amide bonds. The van der Waals surface area contributed by atoms with Gasteiger partial charge < -0.3 is 5.11 Å². The van der Waals surface area contributed by atoms with Crippen LogP contribution in [0.15, 0.2) is 11.6 Å². The Morgan fingerprint density at radius 1 is 1.50 bits per heavy atom. The van der Waals surface area contributed by atoms with Crippen molar-refractivity contribution in [3.05, 3.63) is 11.6 Å². The summed E-state index contributed by atoms with van der Waals surface area (Å²) in [5.41, 5.74) is -0.703. The first-order valence-corrected chi connectivity index (χ1v) is 6.31. The third kappa shape index (κ3) is 1.83. The highest BCUT2D eigenvalue weighted by Crippen LogP contribution is 2.47. The van der Waals surface area contributed by atoms with Crippen molar-refractivity contribution in [3.8, 4) is 0 Å². The highest BCUT2D eigenvalue weighted by Gasteiger charge is 2.54. The van der Waals surface area contributed by atoms with Crippen molar-refractivity contribution < 1.29 is 19.5 Å². The fourth-order valence-corrected chi connectivity index (χ4v) is 3.01. The van der Waals surface area contributed by atoms with Crippen molar-refractivity contribution in [1.82, 2.24) is 5.32 Å². The van der Waals surface area contributed by atoms with Crippen LogP contribution < -0.4 is 5.32 Å². The monoisotopic (exact) mass is 251 g/mol. The fraction of sp³-hybridized carbons (Fsp3) is 0.615. The molecule has 2 rings (SSSR count). The van der Waals surface area contributed by atoms with Crippen LogP contribution in [0.5, 0.6) is 0 Å². The van der Waals surface area contributed by atoms with Gasteiger partial charge in [-0.05, 0) is 19.3 Å². The van der Waals surface area contributed by atoms with Crippen LogP contribution >= 0.6 is 0 Å². The van der Waals surface area contributed by atoms with E-state index >= 15 is 0 Å². The normalized spacial score (nSPS) is 32.1. The number of fused-ring (bicyclic) bond motifs is 1. The van der Waals surface area contributed by atoms with Crippen molar-refractivity contribution in [2.24, 2.45) is 11.3 Å². The molecule has 98 valence electrons. The van der Waals surface area contributed by atoms with Crippen LogP contribution in [-0.4, -0.2) is 22.9 Å². The van der Waals surface area contributed by atoms with Gasteiger partial charge in [0.1, 0.15) is 0 Å². The minimum Gasteiger partial charge on any atom is -0.478 e. The van der Waals surface area contributed by atoms with E-state index in [0.29, 0.717) is 19.3 Å². The summed E-state index contributed by atoms with van der Waals surface area (Å²) in [6, 6.07) is 0. The largest absolute Gasteiger partial charge is 0.478 e. The van der Waals surface area contributed by atoms with Gasteiger partial charge in [-0.15, -0.1) is 0 Å². The first-order valence-electron chi connectivity index (χ1n) is 6.31. The third-order valence-corrected chi connectivity index (χ3v) is 4.02. The molecule has 0 radical (unpaired) electrons. The SMILES string of the molecule is CCC(=CC12CCCCC1C(=O)NC2=O)C(=O)O. The molecule has 1 saturated carbocycles. The van der Waals surface area contributed by atoms with Crippen LogP contribution in [-0.2, 0) is 14.4 Å². The molecular formula is C13H17NO4. The first kappa shape index (κ1) is 12.8. The van der Waals surface area contributed by atoms with Gasteiger partial charge in [0.25, 0.3) is 0 Å². The lowest BCUT2D eigenvalue weighted by atomic mass is 9.66. The summed E-state index contributed by atoms with van der Waals surface area (Å²) in [5.74, 6) is -1.98. The van der Waals surface area contributed by atoms with Gasteiger partial charge >= 0.3 is 5.97 Å². The Hall–Kier alpha value is -1.65. The molecule has 1 aliphatic heterocycles. The van der Waals surface area contributed by atoms with Gasteiger partial charge in [0, 0.05) is 5.57 Å². The molecule has 1 aliphatic carbocycles. The number of hydrogen-bond donors (Lipinski definition) is 2. The second-order valence-electron chi connectivity index (χ2n) is 4.99. The predicted octanol–water partition coefficient (Wildman–Crippen LogP) is 1.24. The van der Waals surface area contributed by atoms with Crippen LogP contribution in [0.2, 0.25) is 0 Å². The number of carbonyl (C=O) groups is 3. The van der Waals surface area contributed by atoms with Gasteiger partial charge in [-0.3, -0.25) is 14.9 Å². The van der Waals surface area contributed by atoms with Crippen LogP contribution in [0.3, 0.4) is 0 Å². The molecule has 0 spiro atoms. The number of carbonyl (C=O) groups excluding carboxylic acids is 2.